The number of hydrogen-bond donors (Lipinski definition) is 2. The van der Waals surface area contributed by atoms with Crippen LogP contribution in [0.4, 0.5) is 5.69 Å². The van der Waals surface area contributed by atoms with Crippen molar-refractivity contribution >= 4 is 23.0 Å². The van der Waals surface area contributed by atoms with E-state index in [1.165, 1.54) is 54.6 Å². The Hall–Kier alpha value is -1.91. The molecule has 1 aliphatic rings. The Morgan fingerprint density at radius 1 is 0.962 bits per heavy atom. The summed E-state index contributed by atoms with van der Waals surface area (Å²) < 4.78 is 0. The molecule has 3 nitrogen and oxygen atoms in total. The third kappa shape index (κ3) is 5.05. The first-order valence-electron chi connectivity index (χ1n) is 9.53. The predicted molar refractivity (Wildman–Crippen MR) is 115 cm³/mol. The fourth-order valence-corrected chi connectivity index (χ4v) is 3.65. The second-order valence-electron chi connectivity index (χ2n) is 7.16. The highest BCUT2D eigenvalue weighted by Crippen LogP contribution is 2.18. The van der Waals surface area contributed by atoms with Crippen LogP contribution in [0.1, 0.15) is 41.5 Å². The molecule has 0 radical (unpaired) electrons. The highest BCUT2D eigenvalue weighted by atomic mass is 32.1. The van der Waals surface area contributed by atoms with Gasteiger partial charge in [0, 0.05) is 18.8 Å². The zero-order valence-electron chi connectivity index (χ0n) is 15.8. The summed E-state index contributed by atoms with van der Waals surface area (Å²) in [5.74, 6) is 0. The zero-order chi connectivity index (χ0) is 18.4. The van der Waals surface area contributed by atoms with Gasteiger partial charge in [-0.05, 0) is 80.3 Å². The minimum Gasteiger partial charge on any atom is -0.358 e. The molecular weight excluding hydrogens is 338 g/mol. The van der Waals surface area contributed by atoms with Crippen LogP contribution >= 0.6 is 12.2 Å². The van der Waals surface area contributed by atoms with Gasteiger partial charge in [0.05, 0.1) is 0 Å². The number of piperidine rings is 1. The van der Waals surface area contributed by atoms with Crippen LogP contribution in [0.25, 0.3) is 0 Å². The molecule has 0 unspecified atom stereocenters. The van der Waals surface area contributed by atoms with Gasteiger partial charge in [-0.2, -0.15) is 0 Å². The summed E-state index contributed by atoms with van der Waals surface area (Å²) in [5.41, 5.74) is 6.30. The van der Waals surface area contributed by atoms with Crippen molar-refractivity contribution in [2.24, 2.45) is 0 Å². The third-order valence-corrected chi connectivity index (χ3v) is 5.50. The van der Waals surface area contributed by atoms with Crippen LogP contribution in [0.3, 0.4) is 0 Å². The van der Waals surface area contributed by atoms with Crippen molar-refractivity contribution in [3.63, 3.8) is 0 Å². The SMILES string of the molecule is Cc1cccc(NC(=S)NCc2ccccc2CN2CCCCC2)c1C. The summed E-state index contributed by atoms with van der Waals surface area (Å²) in [6.07, 6.45) is 4.02. The Kier molecular flexibility index (Phi) is 6.64. The summed E-state index contributed by atoms with van der Waals surface area (Å²) in [5, 5.41) is 7.38. The van der Waals surface area contributed by atoms with Crippen LogP contribution in [0.5, 0.6) is 0 Å². The van der Waals surface area contributed by atoms with E-state index in [1.54, 1.807) is 0 Å². The van der Waals surface area contributed by atoms with E-state index in [-0.39, 0.29) is 0 Å². The van der Waals surface area contributed by atoms with Crippen molar-refractivity contribution in [2.45, 2.75) is 46.2 Å². The maximum Gasteiger partial charge on any atom is 0.171 e. The van der Waals surface area contributed by atoms with Crippen molar-refractivity contribution < 1.29 is 0 Å². The number of benzene rings is 2. The van der Waals surface area contributed by atoms with Crippen LogP contribution in [-0.4, -0.2) is 23.1 Å². The van der Waals surface area contributed by atoms with E-state index < -0.39 is 0 Å². The molecule has 1 heterocycles. The molecule has 2 aromatic rings. The Morgan fingerprint density at radius 2 is 1.69 bits per heavy atom. The molecule has 1 aliphatic heterocycles. The molecule has 3 rings (SSSR count). The van der Waals surface area contributed by atoms with Crippen LogP contribution in [-0.2, 0) is 13.1 Å². The highest BCUT2D eigenvalue weighted by molar-refractivity contribution is 7.80. The first kappa shape index (κ1) is 18.9. The van der Waals surface area contributed by atoms with E-state index in [0.29, 0.717) is 5.11 Å². The van der Waals surface area contributed by atoms with Crippen molar-refractivity contribution in [1.29, 1.82) is 0 Å². The van der Waals surface area contributed by atoms with E-state index in [2.05, 4.69) is 71.8 Å². The van der Waals surface area contributed by atoms with Crippen molar-refractivity contribution in [1.82, 2.24) is 10.2 Å². The smallest absolute Gasteiger partial charge is 0.171 e. The fourth-order valence-electron chi connectivity index (χ4n) is 3.47. The number of rotatable bonds is 5. The van der Waals surface area contributed by atoms with E-state index in [9.17, 15) is 0 Å². The monoisotopic (exact) mass is 367 g/mol. The molecule has 2 aromatic carbocycles. The van der Waals surface area contributed by atoms with Gasteiger partial charge in [0.25, 0.3) is 0 Å². The van der Waals surface area contributed by atoms with Crippen LogP contribution < -0.4 is 10.6 Å². The number of nitrogens with one attached hydrogen (secondary N) is 2. The molecule has 26 heavy (non-hydrogen) atoms. The maximum atomic E-state index is 5.51. The van der Waals surface area contributed by atoms with Crippen molar-refractivity contribution in [3.8, 4) is 0 Å². The zero-order valence-corrected chi connectivity index (χ0v) is 16.7. The number of hydrogen-bond acceptors (Lipinski definition) is 2. The molecule has 2 N–H and O–H groups in total. The van der Waals surface area contributed by atoms with Crippen LogP contribution in [0, 0.1) is 13.8 Å². The summed E-state index contributed by atoms with van der Waals surface area (Å²) in [6, 6.07) is 14.9. The van der Waals surface area contributed by atoms with Crippen LogP contribution in [0.2, 0.25) is 0 Å². The molecule has 0 amide bonds. The second kappa shape index (κ2) is 9.15. The van der Waals surface area contributed by atoms with E-state index in [0.717, 1.165) is 18.8 Å². The molecule has 4 heteroatoms. The Balaban J connectivity index is 1.58. The summed E-state index contributed by atoms with van der Waals surface area (Å²) >= 11 is 5.51. The fraction of sp³-hybridized carbons (Fsp3) is 0.409. The quantitative estimate of drug-likeness (QED) is 0.744. The number of anilines is 1. The molecule has 138 valence electrons. The third-order valence-electron chi connectivity index (χ3n) is 5.25. The van der Waals surface area contributed by atoms with Gasteiger partial charge in [-0.25, -0.2) is 0 Å². The number of thiocarbonyl (C=S) groups is 1. The molecular formula is C22H29N3S. The number of nitrogens with zero attached hydrogens (tertiary/aromatic N) is 1. The molecule has 0 saturated carbocycles. The van der Waals surface area contributed by atoms with E-state index in [4.69, 9.17) is 12.2 Å². The van der Waals surface area contributed by atoms with Gasteiger partial charge in [0.1, 0.15) is 0 Å². The first-order valence-corrected chi connectivity index (χ1v) is 9.94. The normalized spacial score (nSPS) is 14.8. The lowest BCUT2D eigenvalue weighted by atomic mass is 10.0. The Labute approximate surface area is 162 Å². The number of aryl methyl sites for hydroxylation is 1. The molecule has 0 atom stereocenters. The van der Waals surface area contributed by atoms with Gasteiger partial charge in [0.15, 0.2) is 5.11 Å². The van der Waals surface area contributed by atoms with E-state index >= 15 is 0 Å². The average molecular weight is 368 g/mol. The standard InChI is InChI=1S/C22H29N3S/c1-17-9-8-12-21(18(17)2)24-22(26)23-15-19-10-4-5-11-20(19)16-25-13-6-3-7-14-25/h4-5,8-12H,3,6-7,13-16H2,1-2H3,(H2,23,24,26). The topological polar surface area (TPSA) is 27.3 Å². The molecule has 0 aromatic heterocycles. The lowest BCUT2D eigenvalue weighted by Gasteiger charge is -2.27. The summed E-state index contributed by atoms with van der Waals surface area (Å²) in [7, 11) is 0. The van der Waals surface area contributed by atoms with Gasteiger partial charge in [-0.15, -0.1) is 0 Å². The van der Waals surface area contributed by atoms with Crippen molar-refractivity contribution in [3.05, 3.63) is 64.7 Å². The lowest BCUT2D eigenvalue weighted by Crippen LogP contribution is -2.31. The lowest BCUT2D eigenvalue weighted by molar-refractivity contribution is 0.220. The second-order valence-corrected chi connectivity index (χ2v) is 7.57. The Bertz CT molecular complexity index is 751. The molecule has 0 bridgehead atoms. The van der Waals surface area contributed by atoms with E-state index in [1.807, 2.05) is 0 Å². The minimum atomic E-state index is 0.673. The highest BCUT2D eigenvalue weighted by Gasteiger charge is 2.12. The summed E-state index contributed by atoms with van der Waals surface area (Å²) in [6.45, 7) is 8.46. The predicted octanol–water partition coefficient (Wildman–Crippen LogP) is 4.78. The Morgan fingerprint density at radius 3 is 2.46 bits per heavy atom. The minimum absolute atomic E-state index is 0.673. The van der Waals surface area contributed by atoms with Crippen molar-refractivity contribution in [2.75, 3.05) is 18.4 Å². The largest absolute Gasteiger partial charge is 0.358 e. The van der Waals surface area contributed by atoms with Gasteiger partial charge in [-0.3, -0.25) is 4.90 Å². The average Bonchev–Trinajstić information content (AvgIpc) is 2.66. The van der Waals surface area contributed by atoms with Crippen LogP contribution in [0.15, 0.2) is 42.5 Å². The van der Waals surface area contributed by atoms with Gasteiger partial charge >= 0.3 is 0 Å². The molecule has 1 saturated heterocycles. The molecule has 0 aliphatic carbocycles. The first-order chi connectivity index (χ1) is 12.6. The van der Waals surface area contributed by atoms with Gasteiger partial charge in [0.2, 0.25) is 0 Å². The number of likely N-dealkylation sites (tertiary alicyclic amines) is 1. The molecule has 1 fully saturated rings. The maximum absolute atomic E-state index is 5.51. The van der Waals surface area contributed by atoms with Gasteiger partial charge < -0.3 is 10.6 Å². The van der Waals surface area contributed by atoms with Gasteiger partial charge in [-0.1, -0.05) is 42.8 Å². The summed E-state index contributed by atoms with van der Waals surface area (Å²) in [4.78, 5) is 2.56. The molecule has 0 spiro atoms.